The van der Waals surface area contributed by atoms with Gasteiger partial charge in [-0.25, -0.2) is 4.99 Å². The zero-order valence-electron chi connectivity index (χ0n) is 17.1. The summed E-state index contributed by atoms with van der Waals surface area (Å²) < 4.78 is 10.5. The van der Waals surface area contributed by atoms with E-state index in [2.05, 4.69) is 25.3 Å². The Balaban J connectivity index is 0.00000320. The van der Waals surface area contributed by atoms with Gasteiger partial charge in [0.25, 0.3) is 0 Å². The van der Waals surface area contributed by atoms with Crippen LogP contribution in [0.15, 0.2) is 33.8 Å². The number of piperidine rings is 1. The van der Waals surface area contributed by atoms with Gasteiger partial charge in [0.2, 0.25) is 11.7 Å². The van der Waals surface area contributed by atoms with Crippen LogP contribution in [0.1, 0.15) is 32.6 Å². The van der Waals surface area contributed by atoms with Crippen LogP contribution in [-0.2, 0) is 16.1 Å². The molecule has 0 bridgehead atoms. The van der Waals surface area contributed by atoms with Gasteiger partial charge in [0.05, 0.1) is 12.5 Å². The second-order valence-electron chi connectivity index (χ2n) is 6.70. The van der Waals surface area contributed by atoms with Crippen molar-refractivity contribution in [3.63, 3.8) is 0 Å². The molecular formula is C20H27ClIN5O3. The van der Waals surface area contributed by atoms with Crippen molar-refractivity contribution in [3.05, 3.63) is 35.2 Å². The minimum absolute atomic E-state index is 0. The zero-order chi connectivity index (χ0) is 20.6. The third-order valence-electron chi connectivity index (χ3n) is 4.68. The normalized spacial score (nSPS) is 14.9. The van der Waals surface area contributed by atoms with Gasteiger partial charge in [-0.1, -0.05) is 16.8 Å². The van der Waals surface area contributed by atoms with E-state index in [1.807, 2.05) is 26.0 Å². The molecule has 1 aliphatic heterocycles. The number of nitrogens with zero attached hydrogens (tertiary/aromatic N) is 4. The number of aliphatic imine (C=N–C) groups is 1. The summed E-state index contributed by atoms with van der Waals surface area (Å²) in [4.78, 5) is 23.1. The quantitative estimate of drug-likeness (QED) is 0.255. The van der Waals surface area contributed by atoms with E-state index in [4.69, 9.17) is 20.9 Å². The topological polar surface area (TPSA) is 92.9 Å². The molecule has 164 valence electrons. The highest BCUT2D eigenvalue weighted by Crippen LogP contribution is 2.20. The Hall–Kier alpha value is -1.88. The fraction of sp³-hybridized carbons (Fsp3) is 0.500. The molecule has 0 atom stereocenters. The van der Waals surface area contributed by atoms with Crippen molar-refractivity contribution in [1.82, 2.24) is 20.4 Å². The lowest BCUT2D eigenvalue weighted by Gasteiger charge is -2.33. The molecule has 1 fully saturated rings. The zero-order valence-corrected chi connectivity index (χ0v) is 20.2. The van der Waals surface area contributed by atoms with E-state index in [9.17, 15) is 4.79 Å². The summed E-state index contributed by atoms with van der Waals surface area (Å²) in [7, 11) is 0. The van der Waals surface area contributed by atoms with Crippen molar-refractivity contribution in [2.24, 2.45) is 10.9 Å². The van der Waals surface area contributed by atoms with Crippen LogP contribution in [-0.4, -0.2) is 53.2 Å². The van der Waals surface area contributed by atoms with Crippen LogP contribution in [0.5, 0.6) is 0 Å². The molecule has 1 saturated heterocycles. The number of guanidine groups is 1. The van der Waals surface area contributed by atoms with Crippen LogP contribution < -0.4 is 5.32 Å². The van der Waals surface area contributed by atoms with Gasteiger partial charge in [-0.15, -0.1) is 24.0 Å². The number of ether oxygens (including phenoxy) is 1. The van der Waals surface area contributed by atoms with Crippen LogP contribution >= 0.6 is 35.6 Å². The maximum Gasteiger partial charge on any atom is 0.309 e. The van der Waals surface area contributed by atoms with Gasteiger partial charge in [-0.05, 0) is 51.0 Å². The Morgan fingerprint density at radius 1 is 1.30 bits per heavy atom. The van der Waals surface area contributed by atoms with Crippen LogP contribution in [0.3, 0.4) is 0 Å². The van der Waals surface area contributed by atoms with Crippen molar-refractivity contribution < 1.29 is 14.1 Å². The molecule has 0 radical (unpaired) electrons. The first-order chi connectivity index (χ1) is 14.1. The highest BCUT2D eigenvalue weighted by Gasteiger charge is 2.27. The summed E-state index contributed by atoms with van der Waals surface area (Å²) >= 11 is 5.92. The summed E-state index contributed by atoms with van der Waals surface area (Å²) in [5, 5.41) is 7.96. The van der Waals surface area contributed by atoms with Crippen molar-refractivity contribution in [3.8, 4) is 11.4 Å². The number of halogens is 2. The highest BCUT2D eigenvalue weighted by atomic mass is 127. The first-order valence-electron chi connectivity index (χ1n) is 9.89. The van der Waals surface area contributed by atoms with Gasteiger partial charge in [0.1, 0.15) is 6.54 Å². The van der Waals surface area contributed by atoms with Crippen molar-refractivity contribution >= 4 is 47.5 Å². The maximum absolute atomic E-state index is 11.9. The van der Waals surface area contributed by atoms with E-state index < -0.39 is 0 Å². The van der Waals surface area contributed by atoms with Crippen LogP contribution in [0, 0.1) is 5.92 Å². The molecule has 0 amide bonds. The van der Waals surface area contributed by atoms with Crippen LogP contribution in [0.4, 0.5) is 0 Å². The molecule has 1 aromatic carbocycles. The minimum atomic E-state index is -0.102. The summed E-state index contributed by atoms with van der Waals surface area (Å²) in [6.45, 7) is 6.79. The Labute approximate surface area is 198 Å². The molecule has 1 aromatic heterocycles. The number of nitrogens with one attached hydrogen (secondary N) is 1. The minimum Gasteiger partial charge on any atom is -0.466 e. The summed E-state index contributed by atoms with van der Waals surface area (Å²) in [6, 6.07) is 7.26. The molecule has 0 aliphatic carbocycles. The van der Waals surface area contributed by atoms with E-state index in [0.29, 0.717) is 23.3 Å². The largest absolute Gasteiger partial charge is 0.466 e. The second-order valence-corrected chi connectivity index (χ2v) is 7.14. The predicted octanol–water partition coefficient (Wildman–Crippen LogP) is 3.75. The molecular weight excluding hydrogens is 521 g/mol. The first-order valence-corrected chi connectivity index (χ1v) is 10.3. The maximum atomic E-state index is 11.9. The average Bonchev–Trinajstić information content (AvgIpc) is 3.21. The second kappa shape index (κ2) is 12.1. The number of benzene rings is 1. The molecule has 3 rings (SSSR count). The monoisotopic (exact) mass is 547 g/mol. The van der Waals surface area contributed by atoms with Gasteiger partial charge in [-0.2, -0.15) is 4.98 Å². The number of hydrogen-bond acceptors (Lipinski definition) is 6. The summed E-state index contributed by atoms with van der Waals surface area (Å²) in [5.74, 6) is 1.58. The number of rotatable bonds is 6. The number of aromatic nitrogens is 2. The average molecular weight is 548 g/mol. The number of likely N-dealkylation sites (tertiary alicyclic amines) is 1. The third-order valence-corrected chi connectivity index (χ3v) is 4.94. The Morgan fingerprint density at radius 3 is 2.63 bits per heavy atom. The lowest BCUT2D eigenvalue weighted by Crippen LogP contribution is -2.46. The van der Waals surface area contributed by atoms with E-state index in [1.165, 1.54) is 0 Å². The van der Waals surface area contributed by atoms with E-state index in [-0.39, 0.29) is 42.4 Å². The lowest BCUT2D eigenvalue weighted by atomic mass is 9.97. The lowest BCUT2D eigenvalue weighted by molar-refractivity contribution is -0.149. The molecule has 8 nitrogen and oxygen atoms in total. The van der Waals surface area contributed by atoms with E-state index >= 15 is 0 Å². The Bertz CT molecular complexity index is 835. The smallest absolute Gasteiger partial charge is 0.309 e. The molecule has 0 spiro atoms. The van der Waals surface area contributed by atoms with Crippen molar-refractivity contribution in [2.45, 2.75) is 33.2 Å². The fourth-order valence-electron chi connectivity index (χ4n) is 3.19. The third kappa shape index (κ3) is 6.56. The molecule has 2 heterocycles. The van der Waals surface area contributed by atoms with Crippen molar-refractivity contribution in [2.75, 3.05) is 26.2 Å². The van der Waals surface area contributed by atoms with E-state index in [0.717, 1.165) is 44.0 Å². The predicted molar refractivity (Wildman–Crippen MR) is 126 cm³/mol. The number of carbonyl (C=O) groups excluding carboxylic acids is 1. The SMILES string of the molecule is CCNC(=NCc1nc(-c2ccc(Cl)cc2)no1)N1CCC(C(=O)OCC)CC1.I. The van der Waals surface area contributed by atoms with E-state index in [1.54, 1.807) is 12.1 Å². The standard InChI is InChI=1S/C20H26ClN5O3.HI/c1-3-22-20(26-11-9-15(10-12-26)19(27)28-4-2)23-13-17-24-18(25-29-17)14-5-7-16(21)8-6-14;/h5-8,15H,3-4,9-13H2,1-2H3,(H,22,23);1H. The first kappa shape index (κ1) is 24.4. The molecule has 0 saturated carbocycles. The molecule has 1 N–H and O–H groups in total. The van der Waals surface area contributed by atoms with Gasteiger partial charge in [-0.3, -0.25) is 4.79 Å². The summed E-state index contributed by atoms with van der Waals surface area (Å²) in [5.41, 5.74) is 0.835. The molecule has 2 aromatic rings. The van der Waals surface area contributed by atoms with Gasteiger partial charge in [0, 0.05) is 30.2 Å². The highest BCUT2D eigenvalue weighted by molar-refractivity contribution is 14.0. The summed E-state index contributed by atoms with van der Waals surface area (Å²) in [6.07, 6.45) is 1.51. The molecule has 1 aliphatic rings. The van der Waals surface area contributed by atoms with Gasteiger partial charge < -0.3 is 19.5 Å². The fourth-order valence-corrected chi connectivity index (χ4v) is 3.32. The molecule has 0 unspecified atom stereocenters. The van der Waals surface area contributed by atoms with Crippen LogP contribution in [0.2, 0.25) is 5.02 Å². The number of hydrogen-bond donors (Lipinski definition) is 1. The number of carbonyl (C=O) groups is 1. The molecule has 10 heteroatoms. The Morgan fingerprint density at radius 2 is 2.00 bits per heavy atom. The van der Waals surface area contributed by atoms with Gasteiger partial charge in [0.15, 0.2) is 5.96 Å². The van der Waals surface area contributed by atoms with Gasteiger partial charge >= 0.3 is 5.97 Å². The van der Waals surface area contributed by atoms with Crippen LogP contribution in [0.25, 0.3) is 11.4 Å². The molecule has 30 heavy (non-hydrogen) atoms. The Kier molecular flexibility index (Phi) is 9.83. The van der Waals surface area contributed by atoms with Crippen molar-refractivity contribution in [1.29, 1.82) is 0 Å². The number of esters is 1.